The van der Waals surface area contributed by atoms with Gasteiger partial charge >= 0.3 is 14.3 Å². The highest BCUT2D eigenvalue weighted by molar-refractivity contribution is 7.44. The second-order valence-corrected chi connectivity index (χ2v) is 19.9. The summed E-state index contributed by atoms with van der Waals surface area (Å²) in [6.45, 7) is 32.0. The molecular weight excluding hydrogens is 639 g/mol. The van der Waals surface area contributed by atoms with Gasteiger partial charge in [0.25, 0.3) is 14.1 Å². The van der Waals surface area contributed by atoms with Crippen molar-refractivity contribution in [2.75, 3.05) is 19.8 Å². The highest BCUT2D eigenvalue weighted by Gasteiger charge is 2.50. The van der Waals surface area contributed by atoms with Crippen molar-refractivity contribution < 1.29 is 27.4 Å². The van der Waals surface area contributed by atoms with E-state index in [-0.39, 0.29) is 48.7 Å². The number of carbonyl (C=O) groups is 1. The average Bonchev–Trinajstić information content (AvgIpc) is 3.34. The smallest absolute Gasteiger partial charge is 0.343 e. The number of aromatic nitrogens is 2. The van der Waals surface area contributed by atoms with E-state index in [2.05, 4.69) is 83.7 Å². The first kappa shape index (κ1) is 41.4. The topological polar surface area (TPSA) is 126 Å². The van der Waals surface area contributed by atoms with Gasteiger partial charge in [0, 0.05) is 36.7 Å². The van der Waals surface area contributed by atoms with Crippen molar-refractivity contribution in [3.8, 4) is 0 Å². The summed E-state index contributed by atoms with van der Waals surface area (Å²) in [7, 11) is -4.51. The number of hydrogen-bond acceptors (Lipinski definition) is 9. The minimum atomic E-state index is -2.92. The number of nitrogens with zero attached hydrogens (tertiary/aromatic N) is 3. The van der Waals surface area contributed by atoms with Gasteiger partial charge in [-0.2, -0.15) is 0 Å². The summed E-state index contributed by atoms with van der Waals surface area (Å²) in [5.41, 5.74) is -0.912. The van der Waals surface area contributed by atoms with E-state index >= 15 is 0 Å². The van der Waals surface area contributed by atoms with E-state index in [1.807, 2.05) is 0 Å². The van der Waals surface area contributed by atoms with E-state index < -0.39 is 52.4 Å². The molecule has 2 rings (SSSR count). The minimum Gasteiger partial charge on any atom is -0.391 e. The Morgan fingerprint density at radius 1 is 1.17 bits per heavy atom. The zero-order chi connectivity index (χ0) is 35.7. The van der Waals surface area contributed by atoms with Crippen molar-refractivity contribution >= 4 is 22.9 Å². The Bertz CT molecular complexity index is 1290. The third-order valence-electron chi connectivity index (χ3n) is 8.34. The Morgan fingerprint density at radius 3 is 2.32 bits per heavy atom. The Kier molecular flexibility index (Phi) is 16.1. The third kappa shape index (κ3) is 11.7. The number of Topliss-reactive ketones (excluding diaryl/α,β-unsaturated/α-hetero) is 1. The summed E-state index contributed by atoms with van der Waals surface area (Å²) < 4.78 is 37.0. The fourth-order valence-electron chi connectivity index (χ4n) is 6.06. The molecule has 14 heteroatoms. The number of carbonyl (C=O) groups excluding carboxylic acids is 1. The van der Waals surface area contributed by atoms with E-state index in [1.165, 1.54) is 10.8 Å². The van der Waals surface area contributed by atoms with Gasteiger partial charge < -0.3 is 32.3 Å². The van der Waals surface area contributed by atoms with Crippen LogP contribution in [0.25, 0.3) is 4.85 Å². The number of rotatable bonds is 20. The van der Waals surface area contributed by atoms with E-state index in [4.69, 9.17) is 29.2 Å². The highest BCUT2D eigenvalue weighted by Crippen LogP contribution is 2.50. The summed E-state index contributed by atoms with van der Waals surface area (Å²) >= 11 is 0. The zero-order valence-electron chi connectivity index (χ0n) is 30.6. The van der Waals surface area contributed by atoms with E-state index in [0.29, 0.717) is 18.4 Å². The normalized spacial score (nSPS) is 19.8. The van der Waals surface area contributed by atoms with Crippen LogP contribution < -0.4 is 11.2 Å². The molecule has 1 aromatic heterocycles. The molecule has 1 unspecified atom stereocenters. The lowest BCUT2D eigenvalue weighted by molar-refractivity contribution is -0.117. The molecule has 0 radical (unpaired) electrons. The molecular formula is C33H59N4O8PSi. The van der Waals surface area contributed by atoms with Gasteiger partial charge in [0.2, 0.25) is 6.54 Å². The number of aromatic amines is 1. The summed E-state index contributed by atoms with van der Waals surface area (Å²) in [5, 5.41) is 0. The molecule has 0 aromatic carbocycles. The number of ketones is 1. The van der Waals surface area contributed by atoms with Gasteiger partial charge in [-0.05, 0) is 79.3 Å². The maximum absolute atomic E-state index is 12.9. The second-order valence-electron chi connectivity index (χ2n) is 14.3. The average molecular weight is 699 g/mol. The molecule has 1 fully saturated rings. The van der Waals surface area contributed by atoms with E-state index in [0.717, 1.165) is 12.8 Å². The highest BCUT2D eigenvalue weighted by atomic mass is 31.2. The van der Waals surface area contributed by atoms with Crippen LogP contribution in [0.3, 0.4) is 0 Å². The van der Waals surface area contributed by atoms with Crippen molar-refractivity contribution in [2.45, 2.75) is 156 Å². The first-order valence-corrected chi connectivity index (χ1v) is 20.0. The van der Waals surface area contributed by atoms with Crippen LogP contribution in [0.2, 0.25) is 11.1 Å². The molecule has 0 amide bonds. The maximum Gasteiger partial charge on any atom is 0.343 e. The summed E-state index contributed by atoms with van der Waals surface area (Å²) in [5.74, 6) is 0.163. The molecule has 1 aliphatic rings. The number of H-pyrrole nitrogens is 1. The lowest BCUT2D eigenvalue weighted by atomic mass is 10.0. The van der Waals surface area contributed by atoms with Crippen LogP contribution in [0.15, 0.2) is 15.8 Å². The van der Waals surface area contributed by atoms with Crippen LogP contribution in [0.1, 0.15) is 114 Å². The van der Waals surface area contributed by atoms with Gasteiger partial charge in [-0.1, -0.05) is 27.7 Å². The third-order valence-corrected chi connectivity index (χ3v) is 15.2. The zero-order valence-corrected chi connectivity index (χ0v) is 32.5. The number of hydrogen-bond donors (Lipinski definition) is 1. The number of nitrogens with one attached hydrogen (secondary N) is 1. The van der Waals surface area contributed by atoms with Crippen molar-refractivity contribution in [3.63, 3.8) is 0 Å². The van der Waals surface area contributed by atoms with Crippen LogP contribution in [-0.4, -0.2) is 78.2 Å². The predicted molar refractivity (Wildman–Crippen MR) is 188 cm³/mol. The van der Waals surface area contributed by atoms with Crippen LogP contribution in [0.5, 0.6) is 0 Å². The summed E-state index contributed by atoms with van der Waals surface area (Å²) in [6, 6.07) is 0.207. The fraction of sp³-hybridized carbons (Fsp3) is 0.818. The Labute approximate surface area is 283 Å². The lowest BCUT2D eigenvalue weighted by Gasteiger charge is -2.44. The molecule has 4 atom stereocenters. The van der Waals surface area contributed by atoms with Gasteiger partial charge in [-0.25, -0.2) is 16.0 Å². The summed E-state index contributed by atoms with van der Waals surface area (Å²) in [4.78, 5) is 42.5. The van der Waals surface area contributed by atoms with Gasteiger partial charge in [0.15, 0.2) is 0 Å². The first-order chi connectivity index (χ1) is 21.8. The monoisotopic (exact) mass is 698 g/mol. The Balaban J connectivity index is 2.49. The van der Waals surface area contributed by atoms with Gasteiger partial charge in [-0.15, -0.1) is 0 Å². The molecule has 0 aliphatic carbocycles. The van der Waals surface area contributed by atoms with E-state index in [9.17, 15) is 14.4 Å². The van der Waals surface area contributed by atoms with Gasteiger partial charge in [-0.3, -0.25) is 14.3 Å². The summed E-state index contributed by atoms with van der Waals surface area (Å²) in [6.07, 6.45) is 2.00. The van der Waals surface area contributed by atoms with Crippen LogP contribution in [0, 0.1) is 13.5 Å². The fourth-order valence-corrected chi connectivity index (χ4v) is 11.7. The molecule has 0 saturated carbocycles. The number of ether oxygens (including phenoxy) is 1. The molecule has 1 aromatic rings. The van der Waals surface area contributed by atoms with Gasteiger partial charge in [0.05, 0.1) is 18.3 Å². The quantitative estimate of drug-likeness (QED) is 0.0691. The molecule has 268 valence electrons. The predicted octanol–water partition coefficient (Wildman–Crippen LogP) is 6.63. The molecule has 0 spiro atoms. The SMILES string of the molecule is [C-]#[N+]CCOP(O[C@@H]1C[C@H](n2cc(C)c(=O)[nH]c2=O)O[C@@H]1CO[Si](OC(C)(C)CCCC(C)=O)(C(C)C)C(C)C)N(C(C)C)C(C)C. The second kappa shape index (κ2) is 18.3. The lowest BCUT2D eigenvalue weighted by Crippen LogP contribution is -2.54. The van der Waals surface area contributed by atoms with Crippen LogP contribution in [0.4, 0.5) is 0 Å². The Morgan fingerprint density at radius 2 is 1.79 bits per heavy atom. The molecule has 1 N–H and O–H groups in total. The van der Waals surface area contributed by atoms with Crippen molar-refractivity contribution in [1.29, 1.82) is 0 Å². The number of aryl methyl sites for hydroxylation is 1. The largest absolute Gasteiger partial charge is 0.391 e. The van der Waals surface area contributed by atoms with Crippen molar-refractivity contribution in [2.24, 2.45) is 0 Å². The first-order valence-electron chi connectivity index (χ1n) is 16.9. The molecule has 0 bridgehead atoms. The standard InChI is InChI=1S/C33H59N4O8PSi/c1-22(2)37(23(3)4)46(41-18-17-34-13)44-28-19-30(36-20-26(9)31(39)35-32(36)40)43-29(28)21-42-47(24(5)6,25(7)8)45-33(11,12)16-14-15-27(10)38/h20,22-25,28-30H,14-19,21H2,1-12H3,(H,35,39,40)/t28-,29-,30-,46?/m1/s1. The Hall–Kier alpha value is -1.75. The van der Waals surface area contributed by atoms with Gasteiger partial charge in [0.1, 0.15) is 24.7 Å². The molecule has 1 saturated heterocycles. The molecule has 1 aliphatic heterocycles. The van der Waals surface area contributed by atoms with Crippen LogP contribution in [-0.2, 0) is 27.4 Å². The van der Waals surface area contributed by atoms with Crippen molar-refractivity contribution in [1.82, 2.24) is 14.2 Å². The van der Waals surface area contributed by atoms with Crippen molar-refractivity contribution in [3.05, 3.63) is 44.0 Å². The minimum absolute atomic E-state index is 0.0991. The maximum atomic E-state index is 12.9. The molecule has 2 heterocycles. The van der Waals surface area contributed by atoms with Crippen LogP contribution >= 0.6 is 8.53 Å². The molecule has 47 heavy (non-hydrogen) atoms. The van der Waals surface area contributed by atoms with E-state index in [1.54, 1.807) is 13.8 Å². The molecule has 12 nitrogen and oxygen atoms in total.